The fourth-order valence-electron chi connectivity index (χ4n) is 3.06. The van der Waals surface area contributed by atoms with E-state index in [4.69, 9.17) is 10.5 Å². The molecule has 1 aliphatic heterocycles. The molecule has 3 N–H and O–H groups in total. The minimum absolute atomic E-state index is 0.372. The Morgan fingerprint density at radius 2 is 1.60 bits per heavy atom. The highest BCUT2D eigenvalue weighted by atomic mass is 32.2. The summed E-state index contributed by atoms with van der Waals surface area (Å²) in [5.74, 6) is 0. The molecule has 20 heavy (non-hydrogen) atoms. The van der Waals surface area contributed by atoms with Gasteiger partial charge in [-0.05, 0) is 12.8 Å². The lowest BCUT2D eigenvalue weighted by Gasteiger charge is -2.37. The Bertz CT molecular complexity index is 386. The van der Waals surface area contributed by atoms with E-state index in [2.05, 4.69) is 4.72 Å². The summed E-state index contributed by atoms with van der Waals surface area (Å²) in [5.41, 5.74) is 5.46. The van der Waals surface area contributed by atoms with Gasteiger partial charge in [0.1, 0.15) is 0 Å². The summed E-state index contributed by atoms with van der Waals surface area (Å²) in [5, 5.41) is 0. The van der Waals surface area contributed by atoms with Crippen LogP contribution in [0.5, 0.6) is 0 Å². The van der Waals surface area contributed by atoms with E-state index in [-0.39, 0.29) is 0 Å². The van der Waals surface area contributed by atoms with Gasteiger partial charge in [-0.3, -0.25) is 0 Å². The molecule has 1 heterocycles. The number of nitrogens with two attached hydrogens (primary N) is 1. The van der Waals surface area contributed by atoms with E-state index in [9.17, 15) is 8.42 Å². The highest BCUT2D eigenvalue weighted by molar-refractivity contribution is 7.87. The van der Waals surface area contributed by atoms with Crippen molar-refractivity contribution in [2.75, 3.05) is 32.8 Å². The number of ether oxygens (including phenoxy) is 1. The molecule has 1 saturated carbocycles. The molecule has 6 nitrogen and oxygen atoms in total. The zero-order valence-corrected chi connectivity index (χ0v) is 13.0. The molecule has 0 bridgehead atoms. The van der Waals surface area contributed by atoms with Gasteiger partial charge < -0.3 is 10.5 Å². The number of morpholine rings is 1. The fraction of sp³-hybridized carbons (Fsp3) is 1.00. The Balaban J connectivity index is 2.06. The predicted molar refractivity (Wildman–Crippen MR) is 78.6 cm³/mol. The number of rotatable bonds is 4. The lowest BCUT2D eigenvalue weighted by atomic mass is 9.85. The van der Waals surface area contributed by atoms with Crippen molar-refractivity contribution in [1.82, 2.24) is 9.03 Å². The second kappa shape index (κ2) is 7.17. The smallest absolute Gasteiger partial charge is 0.280 e. The molecule has 0 spiro atoms. The van der Waals surface area contributed by atoms with E-state index in [1.165, 1.54) is 23.6 Å². The molecule has 7 heteroatoms. The van der Waals surface area contributed by atoms with E-state index in [0.29, 0.717) is 32.8 Å². The quantitative estimate of drug-likeness (QED) is 0.796. The topological polar surface area (TPSA) is 84.7 Å². The lowest BCUT2D eigenvalue weighted by molar-refractivity contribution is 0.0717. The van der Waals surface area contributed by atoms with Crippen molar-refractivity contribution < 1.29 is 13.2 Å². The summed E-state index contributed by atoms with van der Waals surface area (Å²) in [6.07, 6.45) is 7.35. The second-order valence-electron chi connectivity index (χ2n) is 5.87. The Labute approximate surface area is 122 Å². The first kappa shape index (κ1) is 16.2. The third kappa shape index (κ3) is 4.14. The van der Waals surface area contributed by atoms with Crippen LogP contribution in [0.1, 0.15) is 44.9 Å². The van der Waals surface area contributed by atoms with Crippen LogP contribution in [0.15, 0.2) is 0 Å². The molecule has 2 rings (SSSR count). The van der Waals surface area contributed by atoms with Crippen molar-refractivity contribution in [3.63, 3.8) is 0 Å². The SMILES string of the molecule is NCC1(NS(=O)(=O)N2CCOCC2)CCCCCCC1. The highest BCUT2D eigenvalue weighted by Gasteiger charge is 2.36. The number of hydrogen-bond donors (Lipinski definition) is 2. The van der Waals surface area contributed by atoms with Crippen molar-refractivity contribution in [3.8, 4) is 0 Å². The molecule has 0 aromatic heterocycles. The van der Waals surface area contributed by atoms with Crippen molar-refractivity contribution in [3.05, 3.63) is 0 Å². The van der Waals surface area contributed by atoms with Gasteiger partial charge in [0.2, 0.25) is 0 Å². The van der Waals surface area contributed by atoms with Crippen LogP contribution in [0.3, 0.4) is 0 Å². The standard InChI is InChI=1S/C13H27N3O3S/c14-12-13(6-4-2-1-3-5-7-13)15-20(17,18)16-8-10-19-11-9-16/h15H,1-12,14H2. The molecular weight excluding hydrogens is 278 g/mol. The van der Waals surface area contributed by atoms with Crippen molar-refractivity contribution in [2.24, 2.45) is 5.73 Å². The van der Waals surface area contributed by atoms with Gasteiger partial charge in [-0.25, -0.2) is 0 Å². The lowest BCUT2D eigenvalue weighted by Crippen LogP contribution is -2.58. The Morgan fingerprint density at radius 1 is 1.05 bits per heavy atom. The van der Waals surface area contributed by atoms with E-state index in [1.807, 2.05) is 0 Å². The molecule has 2 fully saturated rings. The molecular formula is C13H27N3O3S. The second-order valence-corrected chi connectivity index (χ2v) is 7.54. The van der Waals surface area contributed by atoms with Gasteiger partial charge >= 0.3 is 0 Å². The first-order valence-electron chi connectivity index (χ1n) is 7.65. The summed E-state index contributed by atoms with van der Waals surface area (Å²) < 4.78 is 34.6. The first-order valence-corrected chi connectivity index (χ1v) is 9.09. The number of hydrogen-bond acceptors (Lipinski definition) is 4. The van der Waals surface area contributed by atoms with Gasteiger partial charge in [-0.2, -0.15) is 17.4 Å². The van der Waals surface area contributed by atoms with Crippen LogP contribution in [0.25, 0.3) is 0 Å². The van der Waals surface area contributed by atoms with Crippen LogP contribution in [0.2, 0.25) is 0 Å². The molecule has 0 aromatic carbocycles. The molecule has 1 saturated heterocycles. The maximum atomic E-state index is 12.5. The van der Waals surface area contributed by atoms with Crippen LogP contribution < -0.4 is 10.5 Å². The molecule has 2 aliphatic rings. The van der Waals surface area contributed by atoms with Gasteiger partial charge in [0.15, 0.2) is 0 Å². The minimum atomic E-state index is -3.46. The first-order chi connectivity index (χ1) is 9.58. The Morgan fingerprint density at radius 3 is 2.15 bits per heavy atom. The van der Waals surface area contributed by atoms with E-state index < -0.39 is 15.7 Å². The van der Waals surface area contributed by atoms with E-state index in [0.717, 1.165) is 25.7 Å². The minimum Gasteiger partial charge on any atom is -0.379 e. The van der Waals surface area contributed by atoms with Crippen molar-refractivity contribution >= 4 is 10.2 Å². The van der Waals surface area contributed by atoms with Crippen LogP contribution in [0.4, 0.5) is 0 Å². The van der Waals surface area contributed by atoms with E-state index >= 15 is 0 Å². The third-order valence-corrected chi connectivity index (χ3v) is 6.09. The molecule has 0 atom stereocenters. The van der Waals surface area contributed by atoms with Gasteiger partial charge in [0, 0.05) is 25.2 Å². The van der Waals surface area contributed by atoms with Crippen LogP contribution in [-0.2, 0) is 14.9 Å². The summed E-state index contributed by atoms with van der Waals surface area (Å²) in [4.78, 5) is 0. The molecule has 0 radical (unpaired) electrons. The Hall–Kier alpha value is -0.210. The molecule has 1 aliphatic carbocycles. The average molecular weight is 305 g/mol. The van der Waals surface area contributed by atoms with Gasteiger partial charge in [0.05, 0.1) is 13.2 Å². The van der Waals surface area contributed by atoms with E-state index in [1.54, 1.807) is 0 Å². The summed E-state index contributed by atoms with van der Waals surface area (Å²) >= 11 is 0. The molecule has 0 unspecified atom stereocenters. The summed E-state index contributed by atoms with van der Waals surface area (Å²) in [6.45, 7) is 2.16. The fourth-order valence-corrected chi connectivity index (χ4v) is 4.65. The van der Waals surface area contributed by atoms with Crippen molar-refractivity contribution in [2.45, 2.75) is 50.5 Å². The maximum absolute atomic E-state index is 12.5. The highest BCUT2D eigenvalue weighted by Crippen LogP contribution is 2.27. The average Bonchev–Trinajstić information content (AvgIpc) is 2.43. The number of nitrogens with zero attached hydrogens (tertiary/aromatic N) is 1. The van der Waals surface area contributed by atoms with Gasteiger partial charge in [0.25, 0.3) is 10.2 Å². The van der Waals surface area contributed by atoms with Crippen LogP contribution in [0, 0.1) is 0 Å². The third-order valence-electron chi connectivity index (χ3n) is 4.36. The largest absolute Gasteiger partial charge is 0.379 e. The van der Waals surface area contributed by atoms with Gasteiger partial charge in [-0.1, -0.05) is 32.1 Å². The Kier molecular flexibility index (Phi) is 5.80. The normalized spacial score (nSPS) is 25.9. The molecule has 0 aromatic rings. The monoisotopic (exact) mass is 305 g/mol. The van der Waals surface area contributed by atoms with Crippen LogP contribution in [-0.4, -0.2) is 51.1 Å². The molecule has 0 amide bonds. The summed E-state index contributed by atoms with van der Waals surface area (Å²) in [6, 6.07) is 0. The zero-order valence-electron chi connectivity index (χ0n) is 12.1. The van der Waals surface area contributed by atoms with Crippen LogP contribution >= 0.6 is 0 Å². The van der Waals surface area contributed by atoms with Gasteiger partial charge in [-0.15, -0.1) is 0 Å². The zero-order chi connectivity index (χ0) is 14.5. The number of nitrogens with one attached hydrogen (secondary N) is 1. The van der Waals surface area contributed by atoms with Crippen molar-refractivity contribution in [1.29, 1.82) is 0 Å². The molecule has 118 valence electrons. The maximum Gasteiger partial charge on any atom is 0.280 e. The predicted octanol–water partition coefficient (Wildman–Crippen LogP) is 0.595. The summed E-state index contributed by atoms with van der Waals surface area (Å²) in [7, 11) is -3.46.